The van der Waals surface area contributed by atoms with Crippen molar-refractivity contribution in [3.05, 3.63) is 71.0 Å². The molecule has 0 amide bonds. The number of carbonyl (C=O) groups excluding carboxylic acids is 1. The van der Waals surface area contributed by atoms with Crippen LogP contribution in [0.4, 0.5) is 4.39 Å². The minimum atomic E-state index is -0.287. The normalized spacial score (nSPS) is 11.6. The largest absolute Gasteiger partial charge is 0.303 e. The molecular weight excluding hydrogens is 241 g/mol. The maximum atomic E-state index is 12.8. The van der Waals surface area contributed by atoms with Gasteiger partial charge in [-0.1, -0.05) is 24.3 Å². The molecule has 3 heteroatoms. The van der Waals surface area contributed by atoms with Crippen LogP contribution in [0.15, 0.2) is 48.5 Å². The molecule has 0 spiro atoms. The zero-order valence-corrected chi connectivity index (χ0v) is 10.2. The first kappa shape index (κ1) is 13.0. The molecule has 0 radical (unpaired) electrons. The van der Waals surface area contributed by atoms with E-state index in [-0.39, 0.29) is 11.7 Å². The van der Waals surface area contributed by atoms with Crippen molar-refractivity contribution >= 4 is 6.29 Å². The Morgan fingerprint density at radius 3 is 2.26 bits per heavy atom. The van der Waals surface area contributed by atoms with Crippen molar-refractivity contribution in [2.75, 3.05) is 0 Å². The standard InChI is InChI=1S/C16H12FNO/c17-16-7-3-12(4-8-16)9-15(11-19)14-5-1-13(10-18)2-6-14/h1-8,11,15H,9H2. The first-order chi connectivity index (χ1) is 9.22. The molecule has 0 aliphatic heterocycles. The van der Waals surface area contributed by atoms with Crippen LogP contribution in [0.25, 0.3) is 0 Å². The molecule has 2 aromatic carbocycles. The lowest BCUT2D eigenvalue weighted by atomic mass is 9.93. The maximum absolute atomic E-state index is 12.8. The average molecular weight is 253 g/mol. The van der Waals surface area contributed by atoms with E-state index in [1.165, 1.54) is 12.1 Å². The molecule has 1 atom stereocenters. The molecule has 0 bridgehead atoms. The van der Waals surface area contributed by atoms with Gasteiger partial charge in [0.1, 0.15) is 12.1 Å². The fourth-order valence-electron chi connectivity index (χ4n) is 1.92. The summed E-state index contributed by atoms with van der Waals surface area (Å²) in [5.74, 6) is -0.567. The van der Waals surface area contributed by atoms with E-state index in [0.717, 1.165) is 17.4 Å². The van der Waals surface area contributed by atoms with Crippen LogP contribution in [-0.2, 0) is 11.2 Å². The van der Waals surface area contributed by atoms with Crippen molar-refractivity contribution in [3.63, 3.8) is 0 Å². The van der Waals surface area contributed by atoms with E-state index < -0.39 is 0 Å². The molecule has 0 aliphatic carbocycles. The molecule has 94 valence electrons. The molecule has 0 heterocycles. The Hall–Kier alpha value is -2.47. The predicted octanol–water partition coefficient (Wildman–Crippen LogP) is 3.22. The molecule has 0 aromatic heterocycles. The third-order valence-corrected chi connectivity index (χ3v) is 3.00. The topological polar surface area (TPSA) is 40.9 Å². The Morgan fingerprint density at radius 1 is 1.11 bits per heavy atom. The Kier molecular flexibility index (Phi) is 4.04. The smallest absolute Gasteiger partial charge is 0.127 e. The van der Waals surface area contributed by atoms with E-state index in [1.807, 2.05) is 6.07 Å². The molecular formula is C16H12FNO. The maximum Gasteiger partial charge on any atom is 0.127 e. The van der Waals surface area contributed by atoms with Gasteiger partial charge < -0.3 is 4.79 Å². The van der Waals surface area contributed by atoms with Gasteiger partial charge in [0.2, 0.25) is 0 Å². The molecule has 2 aromatic rings. The van der Waals surface area contributed by atoms with Crippen molar-refractivity contribution in [3.8, 4) is 6.07 Å². The van der Waals surface area contributed by atoms with Gasteiger partial charge in [0.15, 0.2) is 0 Å². The highest BCUT2D eigenvalue weighted by molar-refractivity contribution is 5.63. The van der Waals surface area contributed by atoms with Gasteiger partial charge in [-0.05, 0) is 41.8 Å². The lowest BCUT2D eigenvalue weighted by molar-refractivity contribution is -0.109. The van der Waals surface area contributed by atoms with Gasteiger partial charge in [-0.25, -0.2) is 4.39 Å². The van der Waals surface area contributed by atoms with Crippen molar-refractivity contribution < 1.29 is 9.18 Å². The Bertz CT molecular complexity index is 596. The second kappa shape index (κ2) is 5.92. The summed E-state index contributed by atoms with van der Waals surface area (Å²) in [6.45, 7) is 0. The van der Waals surface area contributed by atoms with Crippen molar-refractivity contribution in [2.24, 2.45) is 0 Å². The van der Waals surface area contributed by atoms with Gasteiger partial charge in [-0.3, -0.25) is 0 Å². The molecule has 0 fully saturated rings. The number of hydrogen-bond acceptors (Lipinski definition) is 2. The summed E-state index contributed by atoms with van der Waals surface area (Å²) >= 11 is 0. The van der Waals surface area contributed by atoms with Crippen molar-refractivity contribution in [1.29, 1.82) is 5.26 Å². The van der Waals surface area contributed by atoms with E-state index in [9.17, 15) is 9.18 Å². The Labute approximate surface area is 111 Å². The summed E-state index contributed by atoms with van der Waals surface area (Å²) in [4.78, 5) is 11.2. The first-order valence-electron chi connectivity index (χ1n) is 5.92. The molecule has 0 aliphatic rings. The van der Waals surface area contributed by atoms with Gasteiger partial charge in [-0.15, -0.1) is 0 Å². The van der Waals surface area contributed by atoms with Gasteiger partial charge in [0.25, 0.3) is 0 Å². The lowest BCUT2D eigenvalue weighted by Gasteiger charge is -2.10. The second-order valence-corrected chi connectivity index (χ2v) is 4.31. The van der Waals surface area contributed by atoms with Crippen LogP contribution in [0, 0.1) is 17.1 Å². The minimum Gasteiger partial charge on any atom is -0.303 e. The number of rotatable bonds is 4. The minimum absolute atomic E-state index is 0.279. The van der Waals surface area contributed by atoms with E-state index >= 15 is 0 Å². The number of benzene rings is 2. The summed E-state index contributed by atoms with van der Waals surface area (Å²) in [5, 5.41) is 8.73. The van der Waals surface area contributed by atoms with Crippen LogP contribution in [0.1, 0.15) is 22.6 Å². The van der Waals surface area contributed by atoms with Gasteiger partial charge >= 0.3 is 0 Å². The molecule has 2 nitrogen and oxygen atoms in total. The zero-order chi connectivity index (χ0) is 13.7. The van der Waals surface area contributed by atoms with E-state index in [2.05, 4.69) is 0 Å². The molecule has 0 saturated carbocycles. The predicted molar refractivity (Wildman–Crippen MR) is 70.1 cm³/mol. The number of nitrogens with zero attached hydrogens (tertiary/aromatic N) is 1. The first-order valence-corrected chi connectivity index (χ1v) is 5.92. The van der Waals surface area contributed by atoms with Gasteiger partial charge in [0.05, 0.1) is 11.6 Å². The van der Waals surface area contributed by atoms with Crippen LogP contribution in [0.3, 0.4) is 0 Å². The van der Waals surface area contributed by atoms with Crippen molar-refractivity contribution in [1.82, 2.24) is 0 Å². The highest BCUT2D eigenvalue weighted by atomic mass is 19.1. The van der Waals surface area contributed by atoms with Crippen LogP contribution < -0.4 is 0 Å². The monoisotopic (exact) mass is 253 g/mol. The lowest BCUT2D eigenvalue weighted by Crippen LogP contribution is -2.04. The number of hydrogen-bond donors (Lipinski definition) is 0. The quantitative estimate of drug-likeness (QED) is 0.785. The summed E-state index contributed by atoms with van der Waals surface area (Å²) in [6, 6.07) is 15.1. The van der Waals surface area contributed by atoms with Crippen LogP contribution in [0.2, 0.25) is 0 Å². The van der Waals surface area contributed by atoms with E-state index in [0.29, 0.717) is 12.0 Å². The van der Waals surface area contributed by atoms with Crippen LogP contribution >= 0.6 is 0 Å². The number of halogens is 1. The summed E-state index contributed by atoms with van der Waals surface area (Å²) in [7, 11) is 0. The van der Waals surface area contributed by atoms with Crippen molar-refractivity contribution in [2.45, 2.75) is 12.3 Å². The fraction of sp³-hybridized carbons (Fsp3) is 0.125. The molecule has 0 N–H and O–H groups in total. The summed E-state index contributed by atoms with van der Waals surface area (Å²) < 4.78 is 12.8. The molecule has 19 heavy (non-hydrogen) atoms. The Morgan fingerprint density at radius 2 is 1.74 bits per heavy atom. The fourth-order valence-corrected chi connectivity index (χ4v) is 1.92. The summed E-state index contributed by atoms with van der Waals surface area (Å²) in [6.07, 6.45) is 1.40. The highest BCUT2D eigenvalue weighted by Gasteiger charge is 2.11. The third-order valence-electron chi connectivity index (χ3n) is 3.00. The summed E-state index contributed by atoms with van der Waals surface area (Å²) in [5.41, 5.74) is 2.33. The molecule has 2 rings (SSSR count). The Balaban J connectivity index is 2.17. The second-order valence-electron chi connectivity index (χ2n) is 4.31. The molecule has 0 saturated heterocycles. The SMILES string of the molecule is N#Cc1ccc(C(C=O)Cc2ccc(F)cc2)cc1. The highest BCUT2D eigenvalue weighted by Crippen LogP contribution is 2.19. The average Bonchev–Trinajstić information content (AvgIpc) is 2.47. The van der Waals surface area contributed by atoms with Gasteiger partial charge in [0, 0.05) is 5.92 Å². The number of carbonyl (C=O) groups is 1. The number of nitriles is 1. The zero-order valence-electron chi connectivity index (χ0n) is 10.2. The third kappa shape index (κ3) is 3.26. The van der Waals surface area contributed by atoms with E-state index in [4.69, 9.17) is 5.26 Å². The van der Waals surface area contributed by atoms with Crippen LogP contribution in [0.5, 0.6) is 0 Å². The number of aldehydes is 1. The molecule has 1 unspecified atom stereocenters. The van der Waals surface area contributed by atoms with Gasteiger partial charge in [-0.2, -0.15) is 5.26 Å². The van der Waals surface area contributed by atoms with Crippen LogP contribution in [-0.4, -0.2) is 6.29 Å². The van der Waals surface area contributed by atoms with E-state index in [1.54, 1.807) is 36.4 Å².